The SMILES string of the molecule is COc1ccc(-c2ccnn2O)cc1. The lowest BCUT2D eigenvalue weighted by molar-refractivity contribution is 0.153. The zero-order chi connectivity index (χ0) is 9.97. The van der Waals surface area contributed by atoms with Crippen molar-refractivity contribution in [2.24, 2.45) is 0 Å². The highest BCUT2D eigenvalue weighted by atomic mass is 16.5. The molecular weight excluding hydrogens is 180 g/mol. The van der Waals surface area contributed by atoms with Crippen LogP contribution in [0.4, 0.5) is 0 Å². The highest BCUT2D eigenvalue weighted by molar-refractivity contribution is 5.59. The molecule has 72 valence electrons. The molecule has 0 aliphatic heterocycles. The van der Waals surface area contributed by atoms with Crippen LogP contribution in [0.15, 0.2) is 36.5 Å². The van der Waals surface area contributed by atoms with Crippen molar-refractivity contribution >= 4 is 0 Å². The normalized spacial score (nSPS) is 10.1. The molecule has 1 aromatic carbocycles. The predicted octanol–water partition coefficient (Wildman–Crippen LogP) is 1.80. The van der Waals surface area contributed by atoms with Crippen molar-refractivity contribution in [2.75, 3.05) is 7.11 Å². The fourth-order valence-corrected chi connectivity index (χ4v) is 1.27. The molecule has 0 saturated carbocycles. The van der Waals surface area contributed by atoms with Crippen LogP contribution < -0.4 is 4.74 Å². The van der Waals surface area contributed by atoms with Gasteiger partial charge in [0.2, 0.25) is 0 Å². The van der Waals surface area contributed by atoms with Crippen LogP contribution in [0.2, 0.25) is 0 Å². The zero-order valence-electron chi connectivity index (χ0n) is 7.71. The third-order valence-electron chi connectivity index (χ3n) is 2.01. The second-order valence-corrected chi connectivity index (χ2v) is 2.83. The summed E-state index contributed by atoms with van der Waals surface area (Å²) in [6, 6.07) is 9.14. The van der Waals surface area contributed by atoms with E-state index < -0.39 is 0 Å². The van der Waals surface area contributed by atoms with E-state index >= 15 is 0 Å². The van der Waals surface area contributed by atoms with E-state index in [0.29, 0.717) is 5.69 Å². The van der Waals surface area contributed by atoms with E-state index in [1.807, 2.05) is 24.3 Å². The lowest BCUT2D eigenvalue weighted by atomic mass is 10.1. The van der Waals surface area contributed by atoms with Crippen LogP contribution in [-0.2, 0) is 0 Å². The Morgan fingerprint density at radius 3 is 2.43 bits per heavy atom. The number of hydrogen-bond acceptors (Lipinski definition) is 3. The minimum Gasteiger partial charge on any atom is -0.497 e. The van der Waals surface area contributed by atoms with Gasteiger partial charge < -0.3 is 9.94 Å². The van der Waals surface area contributed by atoms with Crippen LogP contribution in [0.1, 0.15) is 0 Å². The molecule has 0 fully saturated rings. The van der Waals surface area contributed by atoms with Gasteiger partial charge in [0.15, 0.2) is 0 Å². The Balaban J connectivity index is 2.39. The highest BCUT2D eigenvalue weighted by Gasteiger charge is 2.03. The Hall–Kier alpha value is -1.97. The summed E-state index contributed by atoms with van der Waals surface area (Å²) >= 11 is 0. The Kier molecular flexibility index (Phi) is 2.10. The van der Waals surface area contributed by atoms with E-state index in [-0.39, 0.29) is 0 Å². The molecule has 0 unspecified atom stereocenters. The summed E-state index contributed by atoms with van der Waals surface area (Å²) in [5, 5.41) is 13.0. The van der Waals surface area contributed by atoms with E-state index in [1.54, 1.807) is 19.4 Å². The molecule has 0 radical (unpaired) electrons. The number of rotatable bonds is 2. The number of benzene rings is 1. The summed E-state index contributed by atoms with van der Waals surface area (Å²) in [5.41, 5.74) is 1.55. The molecule has 2 rings (SSSR count). The van der Waals surface area contributed by atoms with Gasteiger partial charge in [-0.3, -0.25) is 0 Å². The third-order valence-corrected chi connectivity index (χ3v) is 2.01. The van der Waals surface area contributed by atoms with E-state index in [1.165, 1.54) is 0 Å². The molecule has 4 heteroatoms. The van der Waals surface area contributed by atoms with Gasteiger partial charge in [-0.05, 0) is 30.3 Å². The maximum absolute atomic E-state index is 9.30. The Bertz CT molecular complexity index is 420. The van der Waals surface area contributed by atoms with E-state index in [0.717, 1.165) is 16.2 Å². The average molecular weight is 190 g/mol. The molecule has 0 saturated heterocycles. The standard InChI is InChI=1S/C10H10N2O2/c1-14-9-4-2-8(3-5-9)10-6-7-11-12(10)13/h2-7,13H,1H3. The summed E-state index contributed by atoms with van der Waals surface area (Å²) in [4.78, 5) is 0.849. The summed E-state index contributed by atoms with van der Waals surface area (Å²) in [6.45, 7) is 0. The van der Waals surface area contributed by atoms with Crippen molar-refractivity contribution in [1.29, 1.82) is 0 Å². The Morgan fingerprint density at radius 1 is 1.21 bits per heavy atom. The van der Waals surface area contributed by atoms with Gasteiger partial charge in [0, 0.05) is 5.56 Å². The molecule has 2 aromatic rings. The van der Waals surface area contributed by atoms with E-state index in [2.05, 4.69) is 5.10 Å². The second-order valence-electron chi connectivity index (χ2n) is 2.83. The molecular formula is C10H10N2O2. The van der Waals surface area contributed by atoms with Gasteiger partial charge in [0.1, 0.15) is 11.4 Å². The van der Waals surface area contributed by atoms with Crippen molar-refractivity contribution in [1.82, 2.24) is 9.94 Å². The van der Waals surface area contributed by atoms with Crippen LogP contribution in [0, 0.1) is 0 Å². The molecule has 0 aliphatic rings. The number of ether oxygens (including phenoxy) is 1. The Morgan fingerprint density at radius 2 is 1.93 bits per heavy atom. The number of nitrogens with zero attached hydrogens (tertiary/aromatic N) is 2. The first-order valence-electron chi connectivity index (χ1n) is 4.19. The largest absolute Gasteiger partial charge is 0.497 e. The first-order valence-corrected chi connectivity index (χ1v) is 4.19. The molecule has 0 spiro atoms. The van der Waals surface area contributed by atoms with Crippen molar-refractivity contribution < 1.29 is 9.94 Å². The number of aromatic nitrogens is 2. The number of methoxy groups -OCH3 is 1. The van der Waals surface area contributed by atoms with Crippen LogP contribution in [0.3, 0.4) is 0 Å². The second kappa shape index (κ2) is 3.41. The molecule has 1 heterocycles. The van der Waals surface area contributed by atoms with Gasteiger partial charge in [-0.25, -0.2) is 0 Å². The van der Waals surface area contributed by atoms with Gasteiger partial charge in [-0.1, -0.05) is 0 Å². The maximum Gasteiger partial charge on any atom is 0.118 e. The van der Waals surface area contributed by atoms with Crippen molar-refractivity contribution in [3.63, 3.8) is 0 Å². The van der Waals surface area contributed by atoms with Crippen molar-refractivity contribution in [3.05, 3.63) is 36.5 Å². The van der Waals surface area contributed by atoms with E-state index in [4.69, 9.17) is 4.74 Å². The first kappa shape index (κ1) is 8.62. The molecule has 1 N–H and O–H groups in total. The monoisotopic (exact) mass is 190 g/mol. The predicted molar refractivity (Wildman–Crippen MR) is 51.4 cm³/mol. The lowest BCUT2D eigenvalue weighted by Gasteiger charge is -2.02. The van der Waals surface area contributed by atoms with E-state index in [9.17, 15) is 5.21 Å². The van der Waals surface area contributed by atoms with Gasteiger partial charge in [-0.15, -0.1) is 9.94 Å². The molecule has 0 aliphatic carbocycles. The fraction of sp³-hybridized carbons (Fsp3) is 0.100. The van der Waals surface area contributed by atoms with Gasteiger partial charge in [0.05, 0.1) is 13.3 Å². The van der Waals surface area contributed by atoms with Gasteiger partial charge in [0.25, 0.3) is 0 Å². The average Bonchev–Trinajstić information content (AvgIpc) is 2.65. The van der Waals surface area contributed by atoms with Crippen molar-refractivity contribution in [3.8, 4) is 17.0 Å². The third kappa shape index (κ3) is 1.42. The maximum atomic E-state index is 9.30. The molecule has 0 bridgehead atoms. The molecule has 14 heavy (non-hydrogen) atoms. The molecule has 4 nitrogen and oxygen atoms in total. The van der Waals surface area contributed by atoms with Gasteiger partial charge >= 0.3 is 0 Å². The summed E-state index contributed by atoms with van der Waals surface area (Å²) in [7, 11) is 1.62. The molecule has 0 atom stereocenters. The minimum absolute atomic E-state index is 0.660. The zero-order valence-corrected chi connectivity index (χ0v) is 7.71. The molecule has 1 aromatic heterocycles. The summed E-state index contributed by atoms with van der Waals surface area (Å²) in [6.07, 6.45) is 1.54. The molecule has 0 amide bonds. The van der Waals surface area contributed by atoms with Crippen LogP contribution in [-0.4, -0.2) is 22.3 Å². The van der Waals surface area contributed by atoms with Gasteiger partial charge in [-0.2, -0.15) is 0 Å². The smallest absolute Gasteiger partial charge is 0.118 e. The first-order chi connectivity index (χ1) is 6.81. The van der Waals surface area contributed by atoms with Crippen LogP contribution in [0.25, 0.3) is 11.3 Å². The van der Waals surface area contributed by atoms with Crippen LogP contribution >= 0.6 is 0 Å². The summed E-state index contributed by atoms with van der Waals surface area (Å²) < 4.78 is 5.03. The topological polar surface area (TPSA) is 47.3 Å². The van der Waals surface area contributed by atoms with Crippen LogP contribution in [0.5, 0.6) is 5.75 Å². The quantitative estimate of drug-likeness (QED) is 0.734. The highest BCUT2D eigenvalue weighted by Crippen LogP contribution is 2.20. The number of hydrogen-bond donors (Lipinski definition) is 1. The Labute approximate surface area is 81.3 Å². The summed E-state index contributed by atoms with van der Waals surface area (Å²) in [5.74, 6) is 0.790. The fourth-order valence-electron chi connectivity index (χ4n) is 1.27. The lowest BCUT2D eigenvalue weighted by Crippen LogP contribution is -1.94. The van der Waals surface area contributed by atoms with Crippen molar-refractivity contribution in [2.45, 2.75) is 0 Å². The minimum atomic E-state index is 0.660.